The number of ether oxygens (including phenoxy) is 2. The molecule has 0 aromatic heterocycles. The third-order valence-electron chi connectivity index (χ3n) is 3.78. The van der Waals surface area contributed by atoms with Crippen molar-refractivity contribution in [1.82, 2.24) is 5.32 Å². The van der Waals surface area contributed by atoms with Gasteiger partial charge in [-0.1, -0.05) is 6.07 Å². The summed E-state index contributed by atoms with van der Waals surface area (Å²) in [5, 5.41) is 12.5. The molecule has 1 unspecified atom stereocenters. The maximum absolute atomic E-state index is 9.17. The van der Waals surface area contributed by atoms with Crippen LogP contribution in [-0.4, -0.2) is 25.8 Å². The van der Waals surface area contributed by atoms with Crippen LogP contribution in [-0.2, 0) is 4.74 Å². The molecule has 0 spiro atoms. The third kappa shape index (κ3) is 2.73. The molecule has 3 rings (SSSR count). The molecule has 2 fully saturated rings. The van der Waals surface area contributed by atoms with Gasteiger partial charge in [0.05, 0.1) is 18.3 Å². The Labute approximate surface area is 113 Å². The van der Waals surface area contributed by atoms with Crippen molar-refractivity contribution in [3.8, 4) is 11.8 Å². The molecule has 19 heavy (non-hydrogen) atoms. The van der Waals surface area contributed by atoms with Gasteiger partial charge in [0.15, 0.2) is 0 Å². The van der Waals surface area contributed by atoms with Crippen LogP contribution in [0.25, 0.3) is 0 Å². The molecular weight excluding hydrogens is 240 g/mol. The second-order valence-corrected chi connectivity index (χ2v) is 5.08. The molecule has 2 heterocycles. The highest BCUT2D eigenvalue weighted by Crippen LogP contribution is 2.33. The summed E-state index contributed by atoms with van der Waals surface area (Å²) < 4.78 is 11.5. The quantitative estimate of drug-likeness (QED) is 0.902. The average molecular weight is 258 g/mol. The zero-order chi connectivity index (χ0) is 13.1. The van der Waals surface area contributed by atoms with E-state index >= 15 is 0 Å². The van der Waals surface area contributed by atoms with Crippen molar-refractivity contribution in [3.63, 3.8) is 0 Å². The minimum absolute atomic E-state index is 0.183. The van der Waals surface area contributed by atoms with E-state index in [1.54, 1.807) is 0 Å². The van der Waals surface area contributed by atoms with Crippen molar-refractivity contribution in [2.24, 2.45) is 0 Å². The molecular formula is C15H18N2O2. The van der Waals surface area contributed by atoms with Crippen LogP contribution in [0.2, 0.25) is 0 Å². The first-order chi connectivity index (χ1) is 9.36. The van der Waals surface area contributed by atoms with Crippen LogP contribution in [0.4, 0.5) is 0 Å². The Morgan fingerprint density at radius 1 is 1.26 bits per heavy atom. The Morgan fingerprint density at radius 2 is 2.05 bits per heavy atom. The normalized spacial score (nSPS) is 23.4. The number of hydrogen-bond donors (Lipinski definition) is 1. The molecule has 2 aliphatic rings. The van der Waals surface area contributed by atoms with Crippen molar-refractivity contribution in [2.75, 3.05) is 19.7 Å². The molecule has 4 heteroatoms. The zero-order valence-corrected chi connectivity index (χ0v) is 10.9. The van der Waals surface area contributed by atoms with E-state index in [9.17, 15) is 5.26 Å². The Hall–Kier alpha value is -1.57. The Kier molecular flexibility index (Phi) is 3.67. The summed E-state index contributed by atoms with van der Waals surface area (Å²) in [7, 11) is 0. The van der Waals surface area contributed by atoms with E-state index < -0.39 is 0 Å². The number of piperidine rings is 1. The highest BCUT2D eigenvalue weighted by Gasteiger charge is 2.22. The zero-order valence-electron chi connectivity index (χ0n) is 10.9. The Morgan fingerprint density at radius 3 is 2.68 bits per heavy atom. The molecule has 100 valence electrons. The van der Waals surface area contributed by atoms with Gasteiger partial charge in [0, 0.05) is 6.42 Å². The maximum Gasteiger partial charge on any atom is 0.137 e. The second kappa shape index (κ2) is 5.60. The van der Waals surface area contributed by atoms with Crippen LogP contribution in [0.1, 0.15) is 36.5 Å². The van der Waals surface area contributed by atoms with Gasteiger partial charge in [-0.15, -0.1) is 0 Å². The van der Waals surface area contributed by atoms with Gasteiger partial charge >= 0.3 is 0 Å². The molecule has 2 aliphatic heterocycles. The predicted molar refractivity (Wildman–Crippen MR) is 71.0 cm³/mol. The Bertz CT molecular complexity index is 485. The first-order valence-electron chi connectivity index (χ1n) is 6.90. The number of nitrogens with zero attached hydrogens (tertiary/aromatic N) is 1. The van der Waals surface area contributed by atoms with Gasteiger partial charge in [-0.3, -0.25) is 0 Å². The molecule has 2 saturated heterocycles. The number of benzene rings is 1. The van der Waals surface area contributed by atoms with Gasteiger partial charge in [-0.25, -0.2) is 0 Å². The third-order valence-corrected chi connectivity index (χ3v) is 3.78. The molecule has 0 amide bonds. The number of hydrogen-bond acceptors (Lipinski definition) is 4. The van der Waals surface area contributed by atoms with E-state index in [4.69, 9.17) is 9.47 Å². The van der Waals surface area contributed by atoms with Crippen molar-refractivity contribution in [2.45, 2.75) is 31.5 Å². The summed E-state index contributed by atoms with van der Waals surface area (Å²) >= 11 is 0. The standard InChI is InChI=1S/C15H18N2O2/c16-10-12-2-1-11(14-5-8-18-14)9-15(12)19-13-3-6-17-7-4-13/h1-2,9,13-14,17H,3-8H2. The molecule has 1 aromatic rings. The molecule has 1 N–H and O–H groups in total. The number of nitrogens with one attached hydrogen (secondary N) is 1. The van der Waals surface area contributed by atoms with E-state index in [0.29, 0.717) is 11.3 Å². The summed E-state index contributed by atoms with van der Waals surface area (Å²) in [6.45, 7) is 2.80. The predicted octanol–water partition coefficient (Wildman–Crippen LogP) is 2.15. The van der Waals surface area contributed by atoms with Crippen LogP contribution in [0.15, 0.2) is 18.2 Å². The van der Waals surface area contributed by atoms with Crippen LogP contribution >= 0.6 is 0 Å². The van der Waals surface area contributed by atoms with Crippen molar-refractivity contribution in [3.05, 3.63) is 29.3 Å². The molecule has 0 saturated carbocycles. The number of nitriles is 1. The van der Waals surface area contributed by atoms with Gasteiger partial charge < -0.3 is 14.8 Å². The molecule has 1 atom stereocenters. The molecule has 1 aromatic carbocycles. The molecule has 0 bridgehead atoms. The monoisotopic (exact) mass is 258 g/mol. The number of rotatable bonds is 3. The van der Waals surface area contributed by atoms with Crippen molar-refractivity contribution in [1.29, 1.82) is 5.26 Å². The lowest BCUT2D eigenvalue weighted by Crippen LogP contribution is -2.34. The smallest absolute Gasteiger partial charge is 0.137 e. The van der Waals surface area contributed by atoms with Crippen LogP contribution in [0.5, 0.6) is 5.75 Å². The lowest BCUT2D eigenvalue weighted by Gasteiger charge is -2.28. The van der Waals surface area contributed by atoms with Crippen molar-refractivity contribution < 1.29 is 9.47 Å². The van der Waals surface area contributed by atoms with Gasteiger partial charge in [0.25, 0.3) is 0 Å². The summed E-state index contributed by atoms with van der Waals surface area (Å²) in [5.74, 6) is 0.711. The van der Waals surface area contributed by atoms with Crippen LogP contribution in [0.3, 0.4) is 0 Å². The average Bonchev–Trinajstić information content (AvgIpc) is 2.38. The summed E-state index contributed by atoms with van der Waals surface area (Å²) in [4.78, 5) is 0. The van der Waals surface area contributed by atoms with E-state index in [1.807, 2.05) is 18.2 Å². The molecule has 0 aliphatic carbocycles. The highest BCUT2D eigenvalue weighted by molar-refractivity contribution is 5.46. The topological polar surface area (TPSA) is 54.3 Å². The SMILES string of the molecule is N#Cc1ccc(C2CCO2)cc1OC1CCNCC1. The maximum atomic E-state index is 9.17. The van der Waals surface area contributed by atoms with Crippen LogP contribution < -0.4 is 10.1 Å². The van der Waals surface area contributed by atoms with E-state index in [0.717, 1.165) is 44.5 Å². The van der Waals surface area contributed by atoms with Gasteiger partial charge in [0.2, 0.25) is 0 Å². The fourth-order valence-corrected chi connectivity index (χ4v) is 2.52. The second-order valence-electron chi connectivity index (χ2n) is 5.08. The minimum atomic E-state index is 0.183. The molecule has 4 nitrogen and oxygen atoms in total. The summed E-state index contributed by atoms with van der Waals surface area (Å²) in [6.07, 6.45) is 3.44. The Balaban J connectivity index is 1.78. The van der Waals surface area contributed by atoms with E-state index in [2.05, 4.69) is 11.4 Å². The first kappa shape index (κ1) is 12.5. The van der Waals surface area contributed by atoms with Crippen LogP contribution in [0, 0.1) is 11.3 Å². The first-order valence-corrected chi connectivity index (χ1v) is 6.90. The minimum Gasteiger partial charge on any atom is -0.489 e. The van der Waals surface area contributed by atoms with Gasteiger partial charge in [-0.05, 0) is 43.6 Å². The molecule has 0 radical (unpaired) electrons. The largest absolute Gasteiger partial charge is 0.489 e. The van der Waals surface area contributed by atoms with E-state index in [-0.39, 0.29) is 12.2 Å². The fraction of sp³-hybridized carbons (Fsp3) is 0.533. The van der Waals surface area contributed by atoms with E-state index in [1.165, 1.54) is 0 Å². The van der Waals surface area contributed by atoms with Gasteiger partial charge in [-0.2, -0.15) is 5.26 Å². The highest BCUT2D eigenvalue weighted by atomic mass is 16.5. The van der Waals surface area contributed by atoms with Gasteiger partial charge in [0.1, 0.15) is 17.9 Å². The van der Waals surface area contributed by atoms with Crippen molar-refractivity contribution >= 4 is 0 Å². The lowest BCUT2D eigenvalue weighted by molar-refractivity contribution is -0.0528. The lowest BCUT2D eigenvalue weighted by atomic mass is 10.0. The summed E-state index contributed by atoms with van der Waals surface area (Å²) in [5.41, 5.74) is 1.73. The summed E-state index contributed by atoms with van der Waals surface area (Å²) in [6, 6.07) is 7.99. The fourth-order valence-electron chi connectivity index (χ4n) is 2.52.